The molecule has 92 valence electrons. The zero-order valence-electron chi connectivity index (χ0n) is 9.43. The first kappa shape index (κ1) is 13.6. The smallest absolute Gasteiger partial charge is 0.212 e. The Kier molecular flexibility index (Phi) is 5.33. The topological polar surface area (TPSA) is 71.1 Å². The van der Waals surface area contributed by atoms with Crippen LogP contribution >= 0.6 is 11.3 Å². The molecule has 1 aromatic heterocycles. The van der Waals surface area contributed by atoms with Gasteiger partial charge in [0.15, 0.2) is 0 Å². The molecule has 0 bridgehead atoms. The molecule has 7 heteroatoms. The number of aromatic nitrogens is 1. The van der Waals surface area contributed by atoms with Gasteiger partial charge in [-0.3, -0.25) is 0 Å². The second-order valence-electron chi connectivity index (χ2n) is 3.41. The SMILES string of the molecule is CCNS(=O)(=O)CCNC(C)c1cscn1. The minimum absolute atomic E-state index is 0.0862. The Morgan fingerprint density at radius 2 is 2.31 bits per heavy atom. The Bertz CT molecular complexity index is 389. The molecule has 0 fully saturated rings. The molecule has 0 saturated carbocycles. The molecular formula is C9H17N3O2S2. The fraction of sp³-hybridized carbons (Fsp3) is 0.667. The van der Waals surface area contributed by atoms with Crippen molar-refractivity contribution in [2.45, 2.75) is 19.9 Å². The maximum absolute atomic E-state index is 11.3. The molecule has 1 heterocycles. The number of hydrogen-bond acceptors (Lipinski definition) is 5. The van der Waals surface area contributed by atoms with Gasteiger partial charge < -0.3 is 5.32 Å². The van der Waals surface area contributed by atoms with Gasteiger partial charge in [0.2, 0.25) is 10.0 Å². The summed E-state index contributed by atoms with van der Waals surface area (Å²) in [6, 6.07) is 0.0862. The average molecular weight is 263 g/mol. The van der Waals surface area contributed by atoms with Crippen molar-refractivity contribution in [1.82, 2.24) is 15.0 Å². The van der Waals surface area contributed by atoms with E-state index in [4.69, 9.17) is 0 Å². The molecule has 2 N–H and O–H groups in total. The van der Waals surface area contributed by atoms with Gasteiger partial charge in [0.1, 0.15) is 0 Å². The van der Waals surface area contributed by atoms with Crippen LogP contribution in [0.5, 0.6) is 0 Å². The van der Waals surface area contributed by atoms with E-state index in [1.807, 2.05) is 12.3 Å². The second-order valence-corrected chi connectivity index (χ2v) is 6.05. The molecule has 1 aromatic rings. The molecule has 0 radical (unpaired) electrons. The second kappa shape index (κ2) is 6.29. The van der Waals surface area contributed by atoms with Crippen LogP contribution < -0.4 is 10.0 Å². The van der Waals surface area contributed by atoms with Gasteiger partial charge in [-0.1, -0.05) is 6.92 Å². The maximum Gasteiger partial charge on any atom is 0.212 e. The van der Waals surface area contributed by atoms with Gasteiger partial charge in [-0.15, -0.1) is 11.3 Å². The molecule has 16 heavy (non-hydrogen) atoms. The summed E-state index contributed by atoms with van der Waals surface area (Å²) >= 11 is 1.53. The van der Waals surface area contributed by atoms with Crippen molar-refractivity contribution in [3.63, 3.8) is 0 Å². The lowest BCUT2D eigenvalue weighted by Crippen LogP contribution is -2.32. The van der Waals surface area contributed by atoms with Crippen molar-refractivity contribution in [2.75, 3.05) is 18.8 Å². The Labute approximate surface area is 100 Å². The molecular weight excluding hydrogens is 246 g/mol. The molecule has 0 aliphatic carbocycles. The fourth-order valence-corrected chi connectivity index (χ4v) is 2.86. The van der Waals surface area contributed by atoms with Gasteiger partial charge in [0, 0.05) is 24.5 Å². The molecule has 1 rings (SSSR count). The Balaban J connectivity index is 2.31. The Morgan fingerprint density at radius 1 is 1.56 bits per heavy atom. The lowest BCUT2D eigenvalue weighted by atomic mass is 10.3. The van der Waals surface area contributed by atoms with Crippen molar-refractivity contribution in [3.05, 3.63) is 16.6 Å². The number of sulfonamides is 1. The lowest BCUT2D eigenvalue weighted by molar-refractivity contribution is 0.560. The zero-order valence-corrected chi connectivity index (χ0v) is 11.1. The molecule has 0 saturated heterocycles. The third-order valence-corrected chi connectivity index (χ3v) is 4.16. The molecule has 1 unspecified atom stereocenters. The molecule has 0 aliphatic heterocycles. The number of nitrogens with zero attached hydrogens (tertiary/aromatic N) is 1. The first-order valence-corrected chi connectivity index (χ1v) is 7.73. The van der Waals surface area contributed by atoms with Crippen molar-refractivity contribution in [3.8, 4) is 0 Å². The summed E-state index contributed by atoms with van der Waals surface area (Å²) in [5.41, 5.74) is 2.72. The van der Waals surface area contributed by atoms with Crippen LogP contribution in [0.1, 0.15) is 25.6 Å². The van der Waals surface area contributed by atoms with Crippen LogP contribution in [-0.4, -0.2) is 32.2 Å². The third-order valence-electron chi connectivity index (χ3n) is 2.08. The van der Waals surface area contributed by atoms with Gasteiger partial charge >= 0.3 is 0 Å². The van der Waals surface area contributed by atoms with Gasteiger partial charge in [-0.05, 0) is 6.92 Å². The summed E-state index contributed by atoms with van der Waals surface area (Å²) in [5.74, 6) is 0.0926. The predicted molar refractivity (Wildman–Crippen MR) is 66.0 cm³/mol. The minimum Gasteiger partial charge on any atom is -0.308 e. The van der Waals surface area contributed by atoms with Crippen LogP contribution in [0.25, 0.3) is 0 Å². The molecule has 1 atom stereocenters. The van der Waals surface area contributed by atoms with Crippen molar-refractivity contribution in [2.24, 2.45) is 0 Å². The quantitative estimate of drug-likeness (QED) is 0.761. The number of hydrogen-bond donors (Lipinski definition) is 2. The van der Waals surface area contributed by atoms with Crippen LogP contribution in [0.2, 0.25) is 0 Å². The van der Waals surface area contributed by atoms with E-state index in [2.05, 4.69) is 15.0 Å². The number of rotatable bonds is 7. The summed E-state index contributed by atoms with van der Waals surface area (Å²) in [5, 5.41) is 5.08. The first-order chi connectivity index (χ1) is 7.55. The lowest BCUT2D eigenvalue weighted by Gasteiger charge is -2.11. The van der Waals surface area contributed by atoms with E-state index >= 15 is 0 Å². The van der Waals surface area contributed by atoms with E-state index in [1.165, 1.54) is 11.3 Å². The maximum atomic E-state index is 11.3. The van der Waals surface area contributed by atoms with Crippen LogP contribution in [0.4, 0.5) is 0 Å². The molecule has 0 amide bonds. The van der Waals surface area contributed by atoms with E-state index in [0.717, 1.165) is 5.69 Å². The molecule has 0 aliphatic rings. The summed E-state index contributed by atoms with van der Waals surface area (Å²) in [4.78, 5) is 4.16. The molecule has 5 nitrogen and oxygen atoms in total. The fourth-order valence-electron chi connectivity index (χ4n) is 1.24. The van der Waals surface area contributed by atoms with Crippen molar-refractivity contribution in [1.29, 1.82) is 0 Å². The van der Waals surface area contributed by atoms with Crippen LogP contribution in [0.15, 0.2) is 10.9 Å². The van der Waals surface area contributed by atoms with Gasteiger partial charge in [-0.25, -0.2) is 18.1 Å². The van der Waals surface area contributed by atoms with E-state index in [-0.39, 0.29) is 11.8 Å². The van der Waals surface area contributed by atoms with E-state index in [0.29, 0.717) is 13.1 Å². The molecule has 0 spiro atoms. The van der Waals surface area contributed by atoms with E-state index in [1.54, 1.807) is 12.4 Å². The van der Waals surface area contributed by atoms with Crippen LogP contribution in [0, 0.1) is 0 Å². The van der Waals surface area contributed by atoms with E-state index in [9.17, 15) is 8.42 Å². The highest BCUT2D eigenvalue weighted by molar-refractivity contribution is 7.89. The average Bonchev–Trinajstić information content (AvgIpc) is 2.69. The summed E-state index contributed by atoms with van der Waals surface area (Å²) in [6.07, 6.45) is 0. The monoisotopic (exact) mass is 263 g/mol. The van der Waals surface area contributed by atoms with Gasteiger partial charge in [0.25, 0.3) is 0 Å². The van der Waals surface area contributed by atoms with Crippen LogP contribution in [-0.2, 0) is 10.0 Å². The van der Waals surface area contributed by atoms with Crippen LogP contribution in [0.3, 0.4) is 0 Å². The summed E-state index contributed by atoms with van der Waals surface area (Å²) in [7, 11) is -3.13. The third kappa shape index (κ3) is 4.56. The zero-order chi connectivity index (χ0) is 12.0. The highest BCUT2D eigenvalue weighted by Crippen LogP contribution is 2.11. The van der Waals surface area contributed by atoms with Crippen molar-refractivity contribution < 1.29 is 8.42 Å². The normalized spacial score (nSPS) is 13.9. The first-order valence-electron chi connectivity index (χ1n) is 5.14. The van der Waals surface area contributed by atoms with Crippen molar-refractivity contribution >= 4 is 21.4 Å². The number of thiazole rings is 1. The minimum atomic E-state index is -3.13. The molecule has 0 aromatic carbocycles. The summed E-state index contributed by atoms with van der Waals surface area (Å²) in [6.45, 7) is 4.59. The predicted octanol–water partition coefficient (Wildman–Crippen LogP) is 0.733. The van der Waals surface area contributed by atoms with E-state index < -0.39 is 10.0 Å². The highest BCUT2D eigenvalue weighted by atomic mass is 32.2. The Hall–Kier alpha value is -0.500. The van der Waals surface area contributed by atoms with Gasteiger partial charge in [-0.2, -0.15) is 0 Å². The summed E-state index contributed by atoms with van der Waals surface area (Å²) < 4.78 is 25.1. The Morgan fingerprint density at radius 3 is 2.88 bits per heavy atom. The standard InChI is InChI=1S/C9H17N3O2S2/c1-3-12-16(13,14)5-4-10-8(2)9-6-15-7-11-9/h6-8,10,12H,3-5H2,1-2H3. The van der Waals surface area contributed by atoms with Gasteiger partial charge in [0.05, 0.1) is 17.0 Å². The highest BCUT2D eigenvalue weighted by Gasteiger charge is 2.10. The largest absolute Gasteiger partial charge is 0.308 e. The number of nitrogens with one attached hydrogen (secondary N) is 2.